The normalized spacial score (nSPS) is 17.8. The van der Waals surface area contributed by atoms with Crippen LogP contribution in [0.5, 0.6) is 0 Å². The first-order valence-electron chi connectivity index (χ1n) is 7.04. The van der Waals surface area contributed by atoms with Crippen molar-refractivity contribution in [3.63, 3.8) is 0 Å². The fraction of sp³-hybridized carbons (Fsp3) is 1.00. The Morgan fingerprint density at radius 3 is 2.38 bits per heavy atom. The Bertz CT molecular complexity index is 164. The first-order chi connectivity index (χ1) is 7.74. The van der Waals surface area contributed by atoms with Crippen LogP contribution >= 0.6 is 11.6 Å². The van der Waals surface area contributed by atoms with Crippen molar-refractivity contribution in [1.82, 2.24) is 4.90 Å². The Balaban J connectivity index is 2.28. The molecule has 0 saturated heterocycles. The van der Waals surface area contributed by atoms with Crippen LogP contribution in [-0.4, -0.2) is 29.9 Å². The molecule has 16 heavy (non-hydrogen) atoms. The van der Waals surface area contributed by atoms with Crippen molar-refractivity contribution in [2.75, 3.05) is 19.0 Å². The van der Waals surface area contributed by atoms with Crippen molar-refractivity contribution in [1.29, 1.82) is 0 Å². The first-order valence-corrected chi connectivity index (χ1v) is 7.57. The Labute approximate surface area is 107 Å². The lowest BCUT2D eigenvalue weighted by Crippen LogP contribution is -2.35. The van der Waals surface area contributed by atoms with E-state index in [1.807, 2.05) is 0 Å². The lowest BCUT2D eigenvalue weighted by atomic mass is 10.1. The van der Waals surface area contributed by atoms with E-state index in [0.29, 0.717) is 0 Å². The van der Waals surface area contributed by atoms with Crippen LogP contribution in [0.3, 0.4) is 0 Å². The molecule has 0 amide bonds. The van der Waals surface area contributed by atoms with Gasteiger partial charge in [0.1, 0.15) is 0 Å². The van der Waals surface area contributed by atoms with Crippen molar-refractivity contribution in [2.24, 2.45) is 5.92 Å². The molecule has 96 valence electrons. The molecule has 0 radical (unpaired) electrons. The minimum Gasteiger partial charge on any atom is -0.300 e. The molecule has 0 aromatic rings. The minimum atomic E-state index is 0.822. The van der Waals surface area contributed by atoms with E-state index in [1.165, 1.54) is 58.0 Å². The van der Waals surface area contributed by atoms with Gasteiger partial charge >= 0.3 is 0 Å². The van der Waals surface area contributed by atoms with Gasteiger partial charge in [0.15, 0.2) is 0 Å². The Morgan fingerprint density at radius 1 is 1.12 bits per heavy atom. The van der Waals surface area contributed by atoms with Crippen molar-refractivity contribution < 1.29 is 0 Å². The molecule has 1 fully saturated rings. The van der Waals surface area contributed by atoms with Crippen molar-refractivity contribution in [3.05, 3.63) is 0 Å². The molecule has 0 spiro atoms. The third-order valence-electron chi connectivity index (χ3n) is 3.66. The average molecular weight is 246 g/mol. The quantitative estimate of drug-likeness (QED) is 0.455. The molecule has 0 unspecified atom stereocenters. The number of unbranched alkanes of at least 4 members (excludes halogenated alkanes) is 1. The second-order valence-corrected chi connectivity index (χ2v) is 5.93. The molecule has 0 heterocycles. The monoisotopic (exact) mass is 245 g/mol. The van der Waals surface area contributed by atoms with Gasteiger partial charge in [0.25, 0.3) is 0 Å². The van der Waals surface area contributed by atoms with Gasteiger partial charge in [0, 0.05) is 11.9 Å². The molecule has 2 heteroatoms. The molecule has 0 atom stereocenters. The van der Waals surface area contributed by atoms with Gasteiger partial charge in [-0.3, -0.25) is 0 Å². The summed E-state index contributed by atoms with van der Waals surface area (Å²) in [5, 5.41) is 0. The lowest BCUT2D eigenvalue weighted by molar-refractivity contribution is 0.185. The second-order valence-electron chi connectivity index (χ2n) is 5.55. The van der Waals surface area contributed by atoms with E-state index < -0.39 is 0 Å². The zero-order chi connectivity index (χ0) is 11.8. The van der Waals surface area contributed by atoms with Crippen LogP contribution in [-0.2, 0) is 0 Å². The number of halogens is 1. The Kier molecular flexibility index (Phi) is 7.47. The lowest BCUT2D eigenvalue weighted by Gasteiger charge is -2.29. The van der Waals surface area contributed by atoms with Gasteiger partial charge in [-0.05, 0) is 51.1 Å². The maximum absolute atomic E-state index is 5.75. The van der Waals surface area contributed by atoms with E-state index in [4.69, 9.17) is 11.6 Å². The number of alkyl halides is 1. The zero-order valence-corrected chi connectivity index (χ0v) is 11.8. The summed E-state index contributed by atoms with van der Waals surface area (Å²) >= 11 is 5.75. The van der Waals surface area contributed by atoms with E-state index in [1.54, 1.807) is 0 Å². The highest BCUT2D eigenvalue weighted by Gasteiger charge is 2.21. The highest BCUT2D eigenvalue weighted by molar-refractivity contribution is 6.17. The Hall–Kier alpha value is 0.250. The molecule has 0 aliphatic heterocycles. The summed E-state index contributed by atoms with van der Waals surface area (Å²) in [7, 11) is 0. The van der Waals surface area contributed by atoms with Crippen molar-refractivity contribution >= 4 is 11.6 Å². The maximum atomic E-state index is 5.75. The van der Waals surface area contributed by atoms with Crippen LogP contribution in [0, 0.1) is 5.92 Å². The molecule has 1 nitrogen and oxygen atoms in total. The molecule has 0 aromatic carbocycles. The molecule has 0 aromatic heterocycles. The van der Waals surface area contributed by atoms with Crippen LogP contribution < -0.4 is 0 Å². The smallest absolute Gasteiger partial charge is 0.0223 e. The van der Waals surface area contributed by atoms with E-state index in [9.17, 15) is 0 Å². The molecule has 1 rings (SSSR count). The third kappa shape index (κ3) is 5.54. The topological polar surface area (TPSA) is 3.24 Å². The van der Waals surface area contributed by atoms with E-state index in [0.717, 1.165) is 17.8 Å². The van der Waals surface area contributed by atoms with Gasteiger partial charge in [-0.15, -0.1) is 11.6 Å². The van der Waals surface area contributed by atoms with Gasteiger partial charge in [-0.1, -0.05) is 26.7 Å². The summed E-state index contributed by atoms with van der Waals surface area (Å²) in [4.78, 5) is 2.74. The largest absolute Gasteiger partial charge is 0.300 e. The highest BCUT2D eigenvalue weighted by Crippen LogP contribution is 2.24. The summed E-state index contributed by atoms with van der Waals surface area (Å²) in [5.41, 5.74) is 0. The second kappa shape index (κ2) is 8.36. The first kappa shape index (κ1) is 14.3. The molecule has 0 bridgehead atoms. The van der Waals surface area contributed by atoms with Gasteiger partial charge in [0.2, 0.25) is 0 Å². The number of hydrogen-bond donors (Lipinski definition) is 0. The predicted molar refractivity (Wildman–Crippen MR) is 73.2 cm³/mol. The van der Waals surface area contributed by atoms with Crippen molar-refractivity contribution in [3.8, 4) is 0 Å². The summed E-state index contributed by atoms with van der Waals surface area (Å²) in [6.45, 7) is 7.21. The van der Waals surface area contributed by atoms with Crippen LogP contribution in [0.25, 0.3) is 0 Å². The number of rotatable bonds is 8. The fourth-order valence-electron chi connectivity index (χ4n) is 2.58. The van der Waals surface area contributed by atoms with Gasteiger partial charge in [-0.25, -0.2) is 0 Å². The Morgan fingerprint density at radius 2 is 1.81 bits per heavy atom. The summed E-state index contributed by atoms with van der Waals surface area (Å²) in [5.74, 6) is 1.65. The molecular formula is C14H28ClN. The summed E-state index contributed by atoms with van der Waals surface area (Å²) in [6.07, 6.45) is 9.54. The fourth-order valence-corrected chi connectivity index (χ4v) is 2.77. The average Bonchev–Trinajstić information content (AvgIpc) is 2.76. The molecular weight excluding hydrogens is 218 g/mol. The van der Waals surface area contributed by atoms with E-state index in [2.05, 4.69) is 18.7 Å². The zero-order valence-electron chi connectivity index (χ0n) is 11.1. The SMILES string of the molecule is CC(C)CCN(CCCCCl)C1CCCC1. The predicted octanol–water partition coefficient (Wildman–Crippen LogP) is 4.30. The van der Waals surface area contributed by atoms with Gasteiger partial charge in [-0.2, -0.15) is 0 Å². The molecule has 1 aliphatic carbocycles. The van der Waals surface area contributed by atoms with Crippen LogP contribution in [0.2, 0.25) is 0 Å². The van der Waals surface area contributed by atoms with Crippen LogP contribution in [0.1, 0.15) is 58.8 Å². The minimum absolute atomic E-state index is 0.822. The number of nitrogens with zero attached hydrogens (tertiary/aromatic N) is 1. The van der Waals surface area contributed by atoms with Crippen LogP contribution in [0.15, 0.2) is 0 Å². The molecule has 0 N–H and O–H groups in total. The van der Waals surface area contributed by atoms with Gasteiger partial charge in [0.05, 0.1) is 0 Å². The van der Waals surface area contributed by atoms with E-state index >= 15 is 0 Å². The third-order valence-corrected chi connectivity index (χ3v) is 3.93. The molecule has 1 aliphatic rings. The van der Waals surface area contributed by atoms with E-state index in [-0.39, 0.29) is 0 Å². The standard InChI is InChI=1S/C14H28ClN/c1-13(2)9-12-16(11-6-5-10-15)14-7-3-4-8-14/h13-14H,3-12H2,1-2H3. The highest BCUT2D eigenvalue weighted by atomic mass is 35.5. The number of hydrogen-bond acceptors (Lipinski definition) is 1. The van der Waals surface area contributed by atoms with Crippen LogP contribution in [0.4, 0.5) is 0 Å². The molecule has 1 saturated carbocycles. The van der Waals surface area contributed by atoms with Crippen molar-refractivity contribution in [2.45, 2.75) is 64.8 Å². The summed E-state index contributed by atoms with van der Waals surface area (Å²) < 4.78 is 0. The maximum Gasteiger partial charge on any atom is 0.0223 e. The summed E-state index contributed by atoms with van der Waals surface area (Å²) in [6, 6.07) is 0.883. The van der Waals surface area contributed by atoms with Gasteiger partial charge < -0.3 is 4.90 Å².